The largest absolute Gasteiger partial charge is 0.508 e. The molecule has 2 nitrogen and oxygen atoms in total. The summed E-state index contributed by atoms with van der Waals surface area (Å²) in [7, 11) is 0. The summed E-state index contributed by atoms with van der Waals surface area (Å²) in [5.74, 6) is -0.467. The molecule has 0 fully saturated rings. The SMILES string of the molecule is C=Cc1ccc(O)c([C@@H](N)C(F)(F)F)c1. The Kier molecular flexibility index (Phi) is 3.04. The fourth-order valence-corrected chi connectivity index (χ4v) is 1.13. The summed E-state index contributed by atoms with van der Waals surface area (Å²) < 4.78 is 36.9. The fraction of sp³-hybridized carbons (Fsp3) is 0.200. The minimum Gasteiger partial charge on any atom is -0.508 e. The molecule has 0 radical (unpaired) electrons. The number of nitrogens with two attached hydrogens (primary N) is 1. The molecule has 0 aromatic heterocycles. The first-order chi connectivity index (χ1) is 6.86. The van der Waals surface area contributed by atoms with Crippen LogP contribution in [0.3, 0.4) is 0 Å². The van der Waals surface area contributed by atoms with Crippen LogP contribution in [-0.2, 0) is 0 Å². The average molecular weight is 217 g/mol. The van der Waals surface area contributed by atoms with Crippen molar-refractivity contribution in [1.29, 1.82) is 0 Å². The number of hydrogen-bond donors (Lipinski definition) is 2. The smallest absolute Gasteiger partial charge is 0.407 e. The van der Waals surface area contributed by atoms with Gasteiger partial charge in [-0.25, -0.2) is 0 Å². The molecule has 0 spiro atoms. The molecule has 1 aromatic carbocycles. The van der Waals surface area contributed by atoms with Crippen LogP contribution in [-0.4, -0.2) is 11.3 Å². The second-order valence-electron chi connectivity index (χ2n) is 3.04. The van der Waals surface area contributed by atoms with Crippen molar-refractivity contribution in [3.63, 3.8) is 0 Å². The van der Waals surface area contributed by atoms with Crippen LogP contribution in [0.5, 0.6) is 5.75 Å². The molecule has 0 saturated heterocycles. The summed E-state index contributed by atoms with van der Waals surface area (Å²) in [5.41, 5.74) is 5.10. The Labute approximate surface area is 84.8 Å². The van der Waals surface area contributed by atoms with Gasteiger partial charge in [-0.05, 0) is 17.7 Å². The van der Waals surface area contributed by atoms with Crippen LogP contribution in [0.15, 0.2) is 24.8 Å². The van der Waals surface area contributed by atoms with Gasteiger partial charge < -0.3 is 10.8 Å². The van der Waals surface area contributed by atoms with E-state index in [-0.39, 0.29) is 5.56 Å². The van der Waals surface area contributed by atoms with Crippen LogP contribution in [0.2, 0.25) is 0 Å². The number of alkyl halides is 3. The first kappa shape index (κ1) is 11.6. The number of rotatable bonds is 2. The van der Waals surface area contributed by atoms with E-state index >= 15 is 0 Å². The first-order valence-corrected chi connectivity index (χ1v) is 4.14. The lowest BCUT2D eigenvalue weighted by atomic mass is 10.0. The maximum absolute atomic E-state index is 12.3. The van der Waals surface area contributed by atoms with Crippen molar-refractivity contribution in [1.82, 2.24) is 0 Å². The van der Waals surface area contributed by atoms with E-state index in [2.05, 4.69) is 6.58 Å². The number of benzene rings is 1. The summed E-state index contributed by atoms with van der Waals surface area (Å²) in [6, 6.07) is 1.60. The molecular formula is C10H10F3NO. The first-order valence-electron chi connectivity index (χ1n) is 4.14. The monoisotopic (exact) mass is 217 g/mol. The van der Waals surface area contributed by atoms with Crippen LogP contribution in [0, 0.1) is 0 Å². The Hall–Kier alpha value is -1.49. The lowest BCUT2D eigenvalue weighted by Crippen LogP contribution is -2.28. The molecule has 0 bridgehead atoms. The third-order valence-corrected chi connectivity index (χ3v) is 1.97. The van der Waals surface area contributed by atoms with Crippen LogP contribution in [0.25, 0.3) is 6.08 Å². The molecule has 0 amide bonds. The average Bonchev–Trinajstić information content (AvgIpc) is 2.16. The third kappa shape index (κ3) is 2.50. The predicted octanol–water partition coefficient (Wildman–Crippen LogP) is 2.60. The Morgan fingerprint density at radius 1 is 1.40 bits per heavy atom. The summed E-state index contributed by atoms with van der Waals surface area (Å²) in [5, 5.41) is 9.25. The van der Waals surface area contributed by atoms with E-state index in [9.17, 15) is 18.3 Å². The second kappa shape index (κ2) is 3.94. The van der Waals surface area contributed by atoms with Crippen molar-refractivity contribution in [2.24, 2.45) is 5.73 Å². The van der Waals surface area contributed by atoms with Gasteiger partial charge in [0.1, 0.15) is 11.8 Å². The highest BCUT2D eigenvalue weighted by Crippen LogP contribution is 2.35. The zero-order chi connectivity index (χ0) is 11.6. The fourth-order valence-electron chi connectivity index (χ4n) is 1.13. The second-order valence-corrected chi connectivity index (χ2v) is 3.04. The van der Waals surface area contributed by atoms with Gasteiger partial charge in [0.2, 0.25) is 0 Å². The van der Waals surface area contributed by atoms with Gasteiger partial charge in [0.05, 0.1) is 0 Å². The molecule has 1 rings (SSSR count). The van der Waals surface area contributed by atoms with Gasteiger partial charge >= 0.3 is 6.18 Å². The molecule has 3 N–H and O–H groups in total. The van der Waals surface area contributed by atoms with E-state index in [1.807, 2.05) is 0 Å². The van der Waals surface area contributed by atoms with Crippen molar-refractivity contribution in [3.05, 3.63) is 35.9 Å². The lowest BCUT2D eigenvalue weighted by molar-refractivity contribution is -0.149. The minimum absolute atomic E-state index is 0.347. The molecule has 1 aromatic rings. The highest BCUT2D eigenvalue weighted by atomic mass is 19.4. The molecule has 82 valence electrons. The standard InChI is InChI=1S/C10H10F3NO/c1-2-6-3-4-8(15)7(5-6)9(14)10(11,12)13/h2-5,9,15H,1,14H2/t9-/m1/s1. The van der Waals surface area contributed by atoms with E-state index < -0.39 is 18.0 Å². The molecule has 5 heteroatoms. The van der Waals surface area contributed by atoms with Crippen LogP contribution in [0.4, 0.5) is 13.2 Å². The number of hydrogen-bond acceptors (Lipinski definition) is 2. The molecule has 1 atom stereocenters. The van der Waals surface area contributed by atoms with Gasteiger partial charge in [0.25, 0.3) is 0 Å². The number of phenols is 1. The minimum atomic E-state index is -4.57. The van der Waals surface area contributed by atoms with Crippen molar-refractivity contribution in [2.75, 3.05) is 0 Å². The maximum atomic E-state index is 12.3. The number of phenolic OH excluding ortho intramolecular Hbond substituents is 1. The van der Waals surface area contributed by atoms with E-state index in [4.69, 9.17) is 5.73 Å². The van der Waals surface area contributed by atoms with Crippen LogP contribution in [0.1, 0.15) is 17.2 Å². The predicted molar refractivity (Wildman–Crippen MR) is 51.2 cm³/mol. The Bertz CT molecular complexity index is 373. The molecule has 0 aliphatic carbocycles. The zero-order valence-electron chi connectivity index (χ0n) is 7.75. The van der Waals surface area contributed by atoms with E-state index in [0.29, 0.717) is 5.56 Å². The maximum Gasteiger partial charge on any atom is 0.407 e. The van der Waals surface area contributed by atoms with Crippen LogP contribution < -0.4 is 5.73 Å². The molecule has 0 aliphatic rings. The van der Waals surface area contributed by atoms with Crippen molar-refractivity contribution >= 4 is 6.08 Å². The molecule has 15 heavy (non-hydrogen) atoms. The van der Waals surface area contributed by atoms with Crippen molar-refractivity contribution in [2.45, 2.75) is 12.2 Å². The molecule has 0 unspecified atom stereocenters. The number of aromatic hydroxyl groups is 1. The normalized spacial score (nSPS) is 13.6. The van der Waals surface area contributed by atoms with Gasteiger partial charge in [-0.3, -0.25) is 0 Å². The highest BCUT2D eigenvalue weighted by Gasteiger charge is 2.39. The van der Waals surface area contributed by atoms with E-state index in [1.54, 1.807) is 0 Å². The summed E-state index contributed by atoms with van der Waals surface area (Å²) >= 11 is 0. The highest BCUT2D eigenvalue weighted by molar-refractivity contribution is 5.52. The lowest BCUT2D eigenvalue weighted by Gasteiger charge is -2.17. The molecule has 0 saturated carbocycles. The van der Waals surface area contributed by atoms with Crippen molar-refractivity contribution < 1.29 is 18.3 Å². The van der Waals surface area contributed by atoms with Gasteiger partial charge in [-0.1, -0.05) is 18.7 Å². The topological polar surface area (TPSA) is 46.2 Å². The van der Waals surface area contributed by atoms with E-state index in [1.165, 1.54) is 18.2 Å². The van der Waals surface area contributed by atoms with Gasteiger partial charge in [0.15, 0.2) is 0 Å². The van der Waals surface area contributed by atoms with Gasteiger partial charge in [0, 0.05) is 5.56 Å². The van der Waals surface area contributed by atoms with Gasteiger partial charge in [-0.2, -0.15) is 13.2 Å². The van der Waals surface area contributed by atoms with Crippen LogP contribution >= 0.6 is 0 Å². The number of halogens is 3. The third-order valence-electron chi connectivity index (χ3n) is 1.97. The molecule has 0 heterocycles. The summed E-state index contributed by atoms with van der Waals surface area (Å²) in [4.78, 5) is 0. The molecular weight excluding hydrogens is 207 g/mol. The molecule has 0 aliphatic heterocycles. The summed E-state index contributed by atoms with van der Waals surface area (Å²) in [6.45, 7) is 3.42. The van der Waals surface area contributed by atoms with Crippen molar-refractivity contribution in [3.8, 4) is 5.75 Å². The Balaban J connectivity index is 3.18. The zero-order valence-corrected chi connectivity index (χ0v) is 7.75. The summed E-state index contributed by atoms with van der Waals surface area (Å²) in [6.07, 6.45) is -3.19. The van der Waals surface area contributed by atoms with E-state index in [0.717, 1.165) is 6.07 Å². The Morgan fingerprint density at radius 2 is 2.00 bits per heavy atom. The Morgan fingerprint density at radius 3 is 2.47 bits per heavy atom. The quantitative estimate of drug-likeness (QED) is 0.799. The van der Waals surface area contributed by atoms with Gasteiger partial charge in [-0.15, -0.1) is 0 Å².